The van der Waals surface area contributed by atoms with Gasteiger partial charge in [-0.05, 0) is 12.1 Å². The number of benzene rings is 1. The number of nitrogens with zero attached hydrogens (tertiary/aromatic N) is 1. The van der Waals surface area contributed by atoms with Gasteiger partial charge in [0, 0.05) is 6.07 Å². The Labute approximate surface area is 110 Å². The first-order chi connectivity index (χ1) is 9.43. The molecule has 0 aliphatic rings. The summed E-state index contributed by atoms with van der Waals surface area (Å²) >= 11 is 0. The number of rotatable bonds is 4. The highest BCUT2D eigenvalue weighted by molar-refractivity contribution is 5.86. The Balaban J connectivity index is 2.62. The van der Waals surface area contributed by atoms with Gasteiger partial charge in [-0.2, -0.15) is 0 Å². The molecule has 0 unspecified atom stereocenters. The number of hydrogen-bond donors (Lipinski definition) is 1. The van der Waals surface area contributed by atoms with Crippen LogP contribution in [0.3, 0.4) is 0 Å². The maximum absolute atomic E-state index is 13.4. The molecule has 0 fully saturated rings. The van der Waals surface area contributed by atoms with Gasteiger partial charge in [-0.25, -0.2) is 18.0 Å². The summed E-state index contributed by atoms with van der Waals surface area (Å²) in [7, 11) is 1.14. The molecule has 0 saturated heterocycles. The molecule has 0 saturated carbocycles. The molecule has 0 radical (unpaired) electrons. The monoisotopic (exact) mass is 287 g/mol. The summed E-state index contributed by atoms with van der Waals surface area (Å²) in [6.45, 7) is 0. The standard InChI is InChI=1S/C12H8F3NO4/c1-19-10-6(2-5(13)3-7(10)11(14)15)9-4-8(12(17)18)16-20-9/h2-4,11H,1H3,(H,17,18). The number of carboxylic acid groups (broad SMARTS) is 1. The highest BCUT2D eigenvalue weighted by atomic mass is 19.3. The normalized spacial score (nSPS) is 10.8. The lowest BCUT2D eigenvalue weighted by molar-refractivity contribution is 0.0685. The highest BCUT2D eigenvalue weighted by Gasteiger charge is 2.23. The molecular weight excluding hydrogens is 279 g/mol. The zero-order chi connectivity index (χ0) is 14.9. The Morgan fingerprint density at radius 1 is 1.40 bits per heavy atom. The zero-order valence-corrected chi connectivity index (χ0v) is 10.1. The Morgan fingerprint density at radius 3 is 2.60 bits per heavy atom. The molecule has 0 spiro atoms. The number of hydrogen-bond acceptors (Lipinski definition) is 4. The van der Waals surface area contributed by atoms with Gasteiger partial charge < -0.3 is 14.4 Å². The first-order valence-electron chi connectivity index (χ1n) is 5.30. The minimum atomic E-state index is -2.96. The highest BCUT2D eigenvalue weighted by Crippen LogP contribution is 2.38. The number of aromatic carboxylic acids is 1. The van der Waals surface area contributed by atoms with Crippen molar-refractivity contribution in [2.24, 2.45) is 0 Å². The van der Waals surface area contributed by atoms with Crippen molar-refractivity contribution in [1.82, 2.24) is 5.16 Å². The summed E-state index contributed by atoms with van der Waals surface area (Å²) in [5.41, 5.74) is -1.22. The molecule has 1 aromatic heterocycles. The van der Waals surface area contributed by atoms with Gasteiger partial charge in [0.05, 0.1) is 18.2 Å². The van der Waals surface area contributed by atoms with E-state index in [0.29, 0.717) is 6.07 Å². The second kappa shape index (κ2) is 5.24. The first-order valence-corrected chi connectivity index (χ1v) is 5.30. The van der Waals surface area contributed by atoms with E-state index >= 15 is 0 Å². The van der Waals surface area contributed by atoms with Gasteiger partial charge in [0.1, 0.15) is 11.6 Å². The van der Waals surface area contributed by atoms with Crippen LogP contribution in [0.15, 0.2) is 22.7 Å². The molecular formula is C12H8F3NO4. The predicted octanol–water partition coefficient (Wildman–Crippen LogP) is 3.13. The number of halogens is 3. The molecule has 0 atom stereocenters. The molecule has 0 aliphatic heterocycles. The summed E-state index contributed by atoms with van der Waals surface area (Å²) in [5, 5.41) is 12.0. The van der Waals surface area contributed by atoms with Crippen LogP contribution in [0.5, 0.6) is 5.75 Å². The maximum atomic E-state index is 13.4. The molecule has 1 aromatic carbocycles. The Morgan fingerprint density at radius 2 is 2.10 bits per heavy atom. The molecule has 0 amide bonds. The summed E-state index contributed by atoms with van der Waals surface area (Å²) in [5.74, 6) is -2.76. The van der Waals surface area contributed by atoms with E-state index in [0.717, 1.165) is 19.2 Å². The van der Waals surface area contributed by atoms with E-state index < -0.39 is 29.5 Å². The van der Waals surface area contributed by atoms with Gasteiger partial charge in [0.2, 0.25) is 0 Å². The summed E-state index contributed by atoms with van der Waals surface area (Å²) < 4.78 is 48.6. The van der Waals surface area contributed by atoms with Crippen LogP contribution >= 0.6 is 0 Å². The van der Waals surface area contributed by atoms with E-state index in [2.05, 4.69) is 5.16 Å². The smallest absolute Gasteiger partial charge is 0.358 e. The topological polar surface area (TPSA) is 72.6 Å². The van der Waals surface area contributed by atoms with Crippen LogP contribution in [0.1, 0.15) is 22.5 Å². The average Bonchev–Trinajstić information content (AvgIpc) is 2.87. The number of alkyl halides is 2. The second-order valence-corrected chi connectivity index (χ2v) is 3.76. The lowest BCUT2D eigenvalue weighted by atomic mass is 10.1. The van der Waals surface area contributed by atoms with Gasteiger partial charge in [-0.1, -0.05) is 5.16 Å². The van der Waals surface area contributed by atoms with Crippen LogP contribution in [0.2, 0.25) is 0 Å². The summed E-state index contributed by atoms with van der Waals surface area (Å²) in [6.07, 6.45) is -2.96. The van der Waals surface area contributed by atoms with Gasteiger partial charge in [0.25, 0.3) is 6.43 Å². The molecule has 20 heavy (non-hydrogen) atoms. The SMILES string of the molecule is COc1c(-c2cc(C(=O)O)no2)cc(F)cc1C(F)F. The number of carboxylic acids is 1. The van der Waals surface area contributed by atoms with Crippen LogP contribution in [-0.4, -0.2) is 23.3 Å². The third-order valence-electron chi connectivity index (χ3n) is 2.52. The van der Waals surface area contributed by atoms with E-state index in [1.807, 2.05) is 0 Å². The third-order valence-corrected chi connectivity index (χ3v) is 2.52. The number of methoxy groups -OCH3 is 1. The fourth-order valence-corrected chi connectivity index (χ4v) is 1.69. The fraction of sp³-hybridized carbons (Fsp3) is 0.167. The van der Waals surface area contributed by atoms with E-state index in [9.17, 15) is 18.0 Å². The molecule has 106 valence electrons. The fourth-order valence-electron chi connectivity index (χ4n) is 1.69. The Kier molecular flexibility index (Phi) is 3.64. The quantitative estimate of drug-likeness (QED) is 0.935. The van der Waals surface area contributed by atoms with Crippen LogP contribution in [0.4, 0.5) is 13.2 Å². The Bertz CT molecular complexity index is 654. The van der Waals surface area contributed by atoms with Crippen molar-refractivity contribution < 1.29 is 32.3 Å². The number of ether oxygens (including phenoxy) is 1. The van der Waals surface area contributed by atoms with Crippen LogP contribution in [0.25, 0.3) is 11.3 Å². The second-order valence-electron chi connectivity index (χ2n) is 3.76. The van der Waals surface area contributed by atoms with Gasteiger partial charge in [-0.15, -0.1) is 0 Å². The van der Waals surface area contributed by atoms with E-state index in [-0.39, 0.29) is 17.1 Å². The van der Waals surface area contributed by atoms with Crippen LogP contribution in [0, 0.1) is 5.82 Å². The minimum Gasteiger partial charge on any atom is -0.495 e. The summed E-state index contributed by atoms with van der Waals surface area (Å²) in [4.78, 5) is 10.7. The van der Waals surface area contributed by atoms with Crippen molar-refractivity contribution in [3.63, 3.8) is 0 Å². The largest absolute Gasteiger partial charge is 0.495 e. The molecule has 1 heterocycles. The van der Waals surface area contributed by atoms with Crippen molar-refractivity contribution in [2.75, 3.05) is 7.11 Å². The van der Waals surface area contributed by atoms with Crippen molar-refractivity contribution in [1.29, 1.82) is 0 Å². The third kappa shape index (κ3) is 2.44. The van der Waals surface area contributed by atoms with Gasteiger partial charge >= 0.3 is 5.97 Å². The molecule has 0 aliphatic carbocycles. The maximum Gasteiger partial charge on any atom is 0.358 e. The van der Waals surface area contributed by atoms with E-state index in [4.69, 9.17) is 14.4 Å². The first kappa shape index (κ1) is 13.9. The van der Waals surface area contributed by atoms with E-state index in [1.165, 1.54) is 0 Å². The molecule has 2 rings (SSSR count). The number of aromatic nitrogens is 1. The number of carbonyl (C=O) groups is 1. The van der Waals surface area contributed by atoms with E-state index in [1.54, 1.807) is 0 Å². The van der Waals surface area contributed by atoms with Crippen molar-refractivity contribution >= 4 is 5.97 Å². The summed E-state index contributed by atoms with van der Waals surface area (Å²) in [6, 6.07) is 2.53. The minimum absolute atomic E-state index is 0.136. The molecule has 1 N–H and O–H groups in total. The van der Waals surface area contributed by atoms with Crippen LogP contribution < -0.4 is 4.74 Å². The zero-order valence-electron chi connectivity index (χ0n) is 10.1. The van der Waals surface area contributed by atoms with Gasteiger partial charge in [-0.3, -0.25) is 0 Å². The van der Waals surface area contributed by atoms with Gasteiger partial charge in [0.15, 0.2) is 11.5 Å². The van der Waals surface area contributed by atoms with Crippen LogP contribution in [-0.2, 0) is 0 Å². The van der Waals surface area contributed by atoms with Crippen molar-refractivity contribution in [3.05, 3.63) is 35.3 Å². The van der Waals surface area contributed by atoms with Crippen molar-refractivity contribution in [3.8, 4) is 17.1 Å². The van der Waals surface area contributed by atoms with Crippen molar-refractivity contribution in [2.45, 2.75) is 6.43 Å². The lowest BCUT2D eigenvalue weighted by Crippen LogP contribution is -1.97. The lowest BCUT2D eigenvalue weighted by Gasteiger charge is -2.11. The predicted molar refractivity (Wildman–Crippen MR) is 60.4 cm³/mol. The molecule has 0 bridgehead atoms. The molecule has 5 nitrogen and oxygen atoms in total. The average molecular weight is 287 g/mol. The molecule has 8 heteroatoms. The Hall–Kier alpha value is -2.51. The molecule has 2 aromatic rings.